The van der Waals surface area contributed by atoms with Crippen molar-refractivity contribution in [2.75, 3.05) is 43.9 Å². The molecule has 3 aromatic heterocycles. The molecule has 0 saturated heterocycles. The molecule has 0 saturated carbocycles. The molecule has 0 bridgehead atoms. The van der Waals surface area contributed by atoms with Crippen LogP contribution in [-0.2, 0) is 11.2 Å². The minimum Gasteiger partial charge on any atom is -0.475 e. The molecule has 5 aromatic rings. The van der Waals surface area contributed by atoms with Gasteiger partial charge in [-0.2, -0.15) is 0 Å². The molecule has 0 radical (unpaired) electrons. The van der Waals surface area contributed by atoms with E-state index in [0.717, 1.165) is 11.1 Å². The number of methoxy groups -OCH3 is 1. The second-order valence-electron chi connectivity index (χ2n) is 10.5. The van der Waals surface area contributed by atoms with Crippen LogP contribution >= 0.6 is 11.8 Å². The number of nitrogens with two attached hydrogens (primary N) is 1. The maximum Gasteiger partial charge on any atom is 0.227 e. The number of hydrogen-bond acceptors (Lipinski definition) is 10. The van der Waals surface area contributed by atoms with E-state index in [1.165, 1.54) is 24.9 Å². The van der Waals surface area contributed by atoms with Gasteiger partial charge in [0.05, 0.1) is 12.6 Å². The molecule has 1 unspecified atom stereocenters. The Morgan fingerprint density at radius 2 is 1.95 bits per heavy atom. The monoisotopic (exact) mass is 618 g/mol. The summed E-state index contributed by atoms with van der Waals surface area (Å²) in [5.41, 5.74) is 8.92. The number of ether oxygens (including phenoxy) is 3. The number of aryl methyl sites for hydroxylation is 2. The van der Waals surface area contributed by atoms with Crippen LogP contribution in [-0.4, -0.2) is 53.2 Å². The van der Waals surface area contributed by atoms with Crippen LogP contribution in [0.3, 0.4) is 0 Å². The van der Waals surface area contributed by atoms with E-state index in [4.69, 9.17) is 29.9 Å². The maximum absolute atomic E-state index is 16.9. The summed E-state index contributed by atoms with van der Waals surface area (Å²) in [6.45, 7) is 6.46. The SMILES string of the molecule is CCc1c(F)ccc2cc(OCOC)cc(-c3nc4c5c(nc(SC)nc5c3F)N(C(C)c3cc(C)cnc3N)CCO4)c12. The molecule has 0 spiro atoms. The van der Waals surface area contributed by atoms with Gasteiger partial charge in [0.1, 0.15) is 46.4 Å². The Balaban J connectivity index is 1.63. The number of halogens is 2. The van der Waals surface area contributed by atoms with E-state index in [0.29, 0.717) is 62.8 Å². The summed E-state index contributed by atoms with van der Waals surface area (Å²) >= 11 is 1.30. The van der Waals surface area contributed by atoms with Gasteiger partial charge in [0.25, 0.3) is 0 Å². The van der Waals surface area contributed by atoms with Crippen LogP contribution in [0.1, 0.15) is 36.6 Å². The largest absolute Gasteiger partial charge is 0.475 e. The van der Waals surface area contributed by atoms with E-state index in [1.807, 2.05) is 38.0 Å². The summed E-state index contributed by atoms with van der Waals surface area (Å²) in [6.07, 6.45) is 3.94. The lowest BCUT2D eigenvalue weighted by molar-refractivity contribution is 0.0512. The fraction of sp³-hybridized carbons (Fsp3) is 0.312. The van der Waals surface area contributed by atoms with Gasteiger partial charge < -0.3 is 24.8 Å². The topological polar surface area (TPSA) is 109 Å². The molecule has 0 amide bonds. The highest BCUT2D eigenvalue weighted by molar-refractivity contribution is 7.98. The van der Waals surface area contributed by atoms with Crippen molar-refractivity contribution < 1.29 is 23.0 Å². The quantitative estimate of drug-likeness (QED) is 0.116. The standard InChI is InChI=1S/C32H32F2N6O3S/c1-6-20-23(33)8-7-18-12-19(43-15-41-4)13-22(24(18)20)27-26(34)28-25-30(39-32(38-28)44-5)40(9-10-42-31(25)37-27)17(3)21-11-16(2)14-36-29(21)35/h7-8,11-14,17H,6,9-10,15H2,1-5H3,(H2,35,36). The lowest BCUT2D eigenvalue weighted by Crippen LogP contribution is -2.31. The summed E-state index contributed by atoms with van der Waals surface area (Å²) in [7, 11) is 1.51. The normalized spacial score (nSPS) is 13.7. The number of hydrogen-bond donors (Lipinski definition) is 1. The number of nitrogens with zero attached hydrogens (tertiary/aromatic N) is 5. The molecule has 1 atom stereocenters. The lowest BCUT2D eigenvalue weighted by atomic mass is 9.94. The predicted molar refractivity (Wildman–Crippen MR) is 168 cm³/mol. The van der Waals surface area contributed by atoms with E-state index < -0.39 is 5.82 Å². The van der Waals surface area contributed by atoms with Gasteiger partial charge in [-0.25, -0.2) is 28.7 Å². The number of thioether (sulfide) groups is 1. The fourth-order valence-corrected chi connectivity index (χ4v) is 6.11. The molecular formula is C32H32F2N6O3S. The molecule has 6 rings (SSSR count). The molecule has 4 heterocycles. The van der Waals surface area contributed by atoms with Crippen molar-refractivity contribution in [3.8, 4) is 22.9 Å². The van der Waals surface area contributed by atoms with Crippen molar-refractivity contribution in [1.82, 2.24) is 19.9 Å². The van der Waals surface area contributed by atoms with Crippen molar-refractivity contribution in [2.45, 2.75) is 38.4 Å². The molecule has 2 aromatic carbocycles. The second kappa shape index (κ2) is 12.0. The van der Waals surface area contributed by atoms with Crippen molar-refractivity contribution >= 4 is 45.1 Å². The molecule has 44 heavy (non-hydrogen) atoms. The molecule has 9 nitrogen and oxygen atoms in total. The summed E-state index contributed by atoms with van der Waals surface area (Å²) in [4.78, 5) is 20.5. The predicted octanol–water partition coefficient (Wildman–Crippen LogP) is 6.64. The summed E-state index contributed by atoms with van der Waals surface area (Å²) in [5, 5.41) is 1.95. The number of fused-ring (bicyclic) bond motifs is 1. The van der Waals surface area contributed by atoms with Crippen LogP contribution in [0.15, 0.2) is 41.7 Å². The van der Waals surface area contributed by atoms with Gasteiger partial charge in [0.2, 0.25) is 5.88 Å². The third-order valence-corrected chi connectivity index (χ3v) is 8.38. The number of rotatable bonds is 8. The number of aromatic nitrogens is 4. The van der Waals surface area contributed by atoms with Gasteiger partial charge >= 0.3 is 0 Å². The van der Waals surface area contributed by atoms with Crippen LogP contribution in [0, 0.1) is 18.6 Å². The zero-order valence-corrected chi connectivity index (χ0v) is 25.9. The van der Waals surface area contributed by atoms with Crippen molar-refractivity contribution in [1.29, 1.82) is 0 Å². The van der Waals surface area contributed by atoms with E-state index in [-0.39, 0.29) is 42.3 Å². The first-order chi connectivity index (χ1) is 21.2. The zero-order chi connectivity index (χ0) is 31.1. The van der Waals surface area contributed by atoms with E-state index in [9.17, 15) is 0 Å². The van der Waals surface area contributed by atoms with E-state index in [2.05, 4.69) is 9.97 Å². The third-order valence-electron chi connectivity index (χ3n) is 7.84. The van der Waals surface area contributed by atoms with Crippen LogP contribution in [0.4, 0.5) is 20.4 Å². The minimum atomic E-state index is -0.672. The average molecular weight is 619 g/mol. The molecule has 12 heteroatoms. The van der Waals surface area contributed by atoms with Gasteiger partial charge in [-0.15, -0.1) is 0 Å². The molecule has 0 aliphatic carbocycles. The van der Waals surface area contributed by atoms with Gasteiger partial charge in [0, 0.05) is 24.4 Å². The Bertz CT molecular complexity index is 1910. The minimum absolute atomic E-state index is 0.0164. The smallest absolute Gasteiger partial charge is 0.227 e. The third kappa shape index (κ3) is 5.11. The van der Waals surface area contributed by atoms with Crippen LogP contribution in [0.5, 0.6) is 11.6 Å². The Morgan fingerprint density at radius 3 is 2.70 bits per heavy atom. The average Bonchev–Trinajstić information content (AvgIpc) is 3.21. The highest BCUT2D eigenvalue weighted by Gasteiger charge is 2.31. The highest BCUT2D eigenvalue weighted by atomic mass is 32.2. The molecule has 0 fully saturated rings. The Hall–Kier alpha value is -4.29. The fourth-order valence-electron chi connectivity index (χ4n) is 5.74. The highest BCUT2D eigenvalue weighted by Crippen LogP contribution is 2.44. The summed E-state index contributed by atoms with van der Waals surface area (Å²) in [5.74, 6) is 0.453. The summed E-state index contributed by atoms with van der Waals surface area (Å²) < 4.78 is 49.1. The second-order valence-corrected chi connectivity index (χ2v) is 11.3. The van der Waals surface area contributed by atoms with Crippen molar-refractivity contribution in [3.63, 3.8) is 0 Å². The first kappa shape index (κ1) is 29.8. The first-order valence-corrected chi connectivity index (χ1v) is 15.4. The number of pyridine rings is 2. The maximum atomic E-state index is 16.9. The van der Waals surface area contributed by atoms with Crippen molar-refractivity contribution in [2.24, 2.45) is 0 Å². The van der Waals surface area contributed by atoms with Gasteiger partial charge in [-0.1, -0.05) is 24.8 Å². The Morgan fingerprint density at radius 1 is 1.14 bits per heavy atom. The van der Waals surface area contributed by atoms with E-state index >= 15 is 8.78 Å². The Labute approximate surface area is 257 Å². The molecule has 2 N–H and O–H groups in total. The molecule has 1 aliphatic heterocycles. The lowest BCUT2D eigenvalue weighted by Gasteiger charge is -2.30. The van der Waals surface area contributed by atoms with Crippen molar-refractivity contribution in [3.05, 3.63) is 64.9 Å². The molecule has 1 aliphatic rings. The van der Waals surface area contributed by atoms with Gasteiger partial charge in [-0.05, 0) is 72.7 Å². The van der Waals surface area contributed by atoms with Gasteiger partial charge in [-0.3, -0.25) is 0 Å². The zero-order valence-electron chi connectivity index (χ0n) is 25.1. The van der Waals surface area contributed by atoms with Crippen LogP contribution < -0.4 is 20.1 Å². The van der Waals surface area contributed by atoms with Crippen LogP contribution in [0.2, 0.25) is 0 Å². The van der Waals surface area contributed by atoms with E-state index in [1.54, 1.807) is 24.4 Å². The number of anilines is 2. The number of nitrogen functional groups attached to an aromatic ring is 1. The molecule has 228 valence electrons. The Kier molecular flexibility index (Phi) is 8.12. The van der Waals surface area contributed by atoms with Gasteiger partial charge in [0.15, 0.2) is 17.8 Å². The summed E-state index contributed by atoms with van der Waals surface area (Å²) in [6, 6.07) is 8.21. The number of benzene rings is 2. The molecular weight excluding hydrogens is 586 g/mol. The first-order valence-electron chi connectivity index (χ1n) is 14.2. The van der Waals surface area contributed by atoms with Crippen LogP contribution in [0.25, 0.3) is 32.9 Å².